The van der Waals surface area contributed by atoms with E-state index in [1.807, 2.05) is 0 Å². The first-order chi connectivity index (χ1) is 7.25. The van der Waals surface area contributed by atoms with Crippen LogP contribution in [-0.2, 0) is 0 Å². The summed E-state index contributed by atoms with van der Waals surface area (Å²) in [6.45, 7) is 2.21. The third-order valence-electron chi connectivity index (χ3n) is 3.09. The Morgan fingerprint density at radius 3 is 2.80 bits per heavy atom. The summed E-state index contributed by atoms with van der Waals surface area (Å²) >= 11 is 5.77. The predicted octanol–water partition coefficient (Wildman–Crippen LogP) is 3.12. The summed E-state index contributed by atoms with van der Waals surface area (Å²) in [6, 6.07) is 0.459. The molecular weight excluding hydrogens is 210 g/mol. The first kappa shape index (κ1) is 10.7. The quantitative estimate of drug-likeness (QED) is 0.859. The molecule has 1 heterocycles. The average molecular weight is 226 g/mol. The smallest absolute Gasteiger partial charge is 0.149 e. The molecule has 1 saturated carbocycles. The van der Waals surface area contributed by atoms with E-state index in [2.05, 4.69) is 22.2 Å². The molecule has 0 aromatic carbocycles. The Bertz CT molecular complexity index is 323. The minimum Gasteiger partial charge on any atom is -0.366 e. The van der Waals surface area contributed by atoms with Crippen molar-refractivity contribution in [3.8, 4) is 0 Å². The Kier molecular flexibility index (Phi) is 3.41. The number of nitrogens with one attached hydrogen (secondary N) is 1. The maximum absolute atomic E-state index is 5.77. The molecule has 1 N–H and O–H groups in total. The van der Waals surface area contributed by atoms with E-state index < -0.39 is 0 Å². The van der Waals surface area contributed by atoms with Crippen molar-refractivity contribution in [3.63, 3.8) is 0 Å². The van der Waals surface area contributed by atoms with E-state index in [0.29, 0.717) is 11.2 Å². The van der Waals surface area contributed by atoms with Gasteiger partial charge in [-0.3, -0.25) is 4.98 Å². The zero-order chi connectivity index (χ0) is 10.7. The first-order valence-electron chi connectivity index (χ1n) is 5.50. The maximum Gasteiger partial charge on any atom is 0.149 e. The lowest BCUT2D eigenvalue weighted by atomic mass is 10.00. The van der Waals surface area contributed by atoms with Crippen molar-refractivity contribution >= 4 is 17.4 Å². The normalized spacial score (nSPS) is 19.1. The first-order valence-corrected chi connectivity index (χ1v) is 5.87. The molecule has 15 heavy (non-hydrogen) atoms. The molecular formula is C11H16ClN3. The number of hydrogen-bond donors (Lipinski definition) is 1. The van der Waals surface area contributed by atoms with E-state index in [1.165, 1.54) is 25.7 Å². The molecule has 1 unspecified atom stereocenters. The van der Waals surface area contributed by atoms with Gasteiger partial charge >= 0.3 is 0 Å². The van der Waals surface area contributed by atoms with Crippen LogP contribution in [0.15, 0.2) is 12.4 Å². The molecule has 0 amide bonds. The van der Waals surface area contributed by atoms with Gasteiger partial charge in [0, 0.05) is 6.04 Å². The number of hydrogen-bond acceptors (Lipinski definition) is 3. The number of rotatable bonds is 3. The Morgan fingerprint density at radius 1 is 1.40 bits per heavy atom. The van der Waals surface area contributed by atoms with Crippen molar-refractivity contribution in [1.82, 2.24) is 9.97 Å². The summed E-state index contributed by atoms with van der Waals surface area (Å²) in [7, 11) is 0. The maximum atomic E-state index is 5.77. The topological polar surface area (TPSA) is 37.8 Å². The molecule has 1 aliphatic carbocycles. The minimum absolute atomic E-state index is 0.443. The highest BCUT2D eigenvalue weighted by Crippen LogP contribution is 2.28. The van der Waals surface area contributed by atoms with Gasteiger partial charge in [-0.05, 0) is 25.7 Å². The standard InChI is InChI=1S/C11H16ClN3/c1-8(9-4-2-3-5-9)14-11-7-13-6-10(12)15-11/h6-9H,2-5H2,1H3,(H,14,15). The van der Waals surface area contributed by atoms with Crippen molar-refractivity contribution in [2.75, 3.05) is 5.32 Å². The third-order valence-corrected chi connectivity index (χ3v) is 3.27. The summed E-state index contributed by atoms with van der Waals surface area (Å²) in [5.74, 6) is 1.55. The highest BCUT2D eigenvalue weighted by molar-refractivity contribution is 6.29. The van der Waals surface area contributed by atoms with Crippen LogP contribution in [0.25, 0.3) is 0 Å². The molecule has 0 bridgehead atoms. The lowest BCUT2D eigenvalue weighted by molar-refractivity contribution is 0.481. The van der Waals surface area contributed by atoms with E-state index in [9.17, 15) is 0 Å². The summed E-state index contributed by atoms with van der Waals surface area (Å²) in [5, 5.41) is 3.81. The Balaban J connectivity index is 1.95. The van der Waals surface area contributed by atoms with E-state index in [1.54, 1.807) is 12.4 Å². The zero-order valence-corrected chi connectivity index (χ0v) is 9.67. The SMILES string of the molecule is CC(Nc1cncc(Cl)n1)C1CCCC1. The molecule has 3 nitrogen and oxygen atoms in total. The molecule has 1 aromatic heterocycles. The van der Waals surface area contributed by atoms with E-state index in [0.717, 1.165) is 11.7 Å². The predicted molar refractivity (Wildman–Crippen MR) is 62.1 cm³/mol. The van der Waals surface area contributed by atoms with Gasteiger partial charge < -0.3 is 5.32 Å². The molecule has 2 rings (SSSR count). The van der Waals surface area contributed by atoms with Gasteiger partial charge in [0.25, 0.3) is 0 Å². The lowest BCUT2D eigenvalue weighted by Gasteiger charge is -2.20. The van der Waals surface area contributed by atoms with Gasteiger partial charge in [0.2, 0.25) is 0 Å². The molecule has 1 fully saturated rings. The van der Waals surface area contributed by atoms with Crippen LogP contribution in [0.1, 0.15) is 32.6 Å². The van der Waals surface area contributed by atoms with Crippen molar-refractivity contribution < 1.29 is 0 Å². The fourth-order valence-corrected chi connectivity index (χ4v) is 2.37. The third kappa shape index (κ3) is 2.81. The number of nitrogens with zero attached hydrogens (tertiary/aromatic N) is 2. The highest BCUT2D eigenvalue weighted by Gasteiger charge is 2.21. The van der Waals surface area contributed by atoms with Gasteiger partial charge in [-0.2, -0.15) is 0 Å². The Labute approximate surface area is 95.3 Å². The van der Waals surface area contributed by atoms with Gasteiger partial charge in [-0.25, -0.2) is 4.98 Å². The van der Waals surface area contributed by atoms with E-state index in [-0.39, 0.29) is 0 Å². The molecule has 4 heteroatoms. The van der Waals surface area contributed by atoms with Gasteiger partial charge in [0.15, 0.2) is 0 Å². The van der Waals surface area contributed by atoms with Crippen LogP contribution in [0, 0.1) is 5.92 Å². The van der Waals surface area contributed by atoms with Crippen molar-refractivity contribution in [2.24, 2.45) is 5.92 Å². The number of anilines is 1. The average Bonchev–Trinajstić information content (AvgIpc) is 2.70. The Hall–Kier alpha value is -0.830. The molecule has 1 atom stereocenters. The molecule has 0 saturated heterocycles. The second-order valence-electron chi connectivity index (χ2n) is 4.20. The summed E-state index contributed by atoms with van der Waals surface area (Å²) in [5.41, 5.74) is 0. The molecule has 1 aliphatic rings. The van der Waals surface area contributed by atoms with Crippen LogP contribution in [0.2, 0.25) is 5.15 Å². The van der Waals surface area contributed by atoms with Crippen LogP contribution < -0.4 is 5.32 Å². The van der Waals surface area contributed by atoms with E-state index in [4.69, 9.17) is 11.6 Å². The second-order valence-corrected chi connectivity index (χ2v) is 4.59. The van der Waals surface area contributed by atoms with Gasteiger partial charge in [0.05, 0.1) is 12.4 Å². The Morgan fingerprint density at radius 2 is 2.13 bits per heavy atom. The van der Waals surface area contributed by atoms with Crippen molar-refractivity contribution in [1.29, 1.82) is 0 Å². The fraction of sp³-hybridized carbons (Fsp3) is 0.636. The number of aromatic nitrogens is 2. The molecule has 1 aromatic rings. The minimum atomic E-state index is 0.443. The van der Waals surface area contributed by atoms with Crippen molar-refractivity contribution in [3.05, 3.63) is 17.5 Å². The molecule has 0 radical (unpaired) electrons. The van der Waals surface area contributed by atoms with E-state index >= 15 is 0 Å². The second kappa shape index (κ2) is 4.79. The summed E-state index contributed by atoms with van der Waals surface area (Å²) in [4.78, 5) is 8.18. The zero-order valence-electron chi connectivity index (χ0n) is 8.91. The molecule has 0 aliphatic heterocycles. The summed E-state index contributed by atoms with van der Waals surface area (Å²) in [6.07, 6.45) is 8.63. The van der Waals surface area contributed by atoms with Crippen LogP contribution in [0.4, 0.5) is 5.82 Å². The van der Waals surface area contributed by atoms with Gasteiger partial charge in [-0.15, -0.1) is 0 Å². The largest absolute Gasteiger partial charge is 0.366 e. The highest BCUT2D eigenvalue weighted by atomic mass is 35.5. The van der Waals surface area contributed by atoms with Crippen LogP contribution in [0.3, 0.4) is 0 Å². The number of halogens is 1. The van der Waals surface area contributed by atoms with Crippen LogP contribution in [-0.4, -0.2) is 16.0 Å². The lowest BCUT2D eigenvalue weighted by Crippen LogP contribution is -2.24. The van der Waals surface area contributed by atoms with Gasteiger partial charge in [0.1, 0.15) is 11.0 Å². The van der Waals surface area contributed by atoms with Crippen LogP contribution in [0.5, 0.6) is 0 Å². The summed E-state index contributed by atoms with van der Waals surface area (Å²) < 4.78 is 0. The molecule has 82 valence electrons. The van der Waals surface area contributed by atoms with Crippen LogP contribution >= 0.6 is 11.6 Å². The monoisotopic (exact) mass is 225 g/mol. The fourth-order valence-electron chi connectivity index (χ4n) is 2.22. The van der Waals surface area contributed by atoms with Gasteiger partial charge in [-0.1, -0.05) is 24.4 Å². The van der Waals surface area contributed by atoms with Crippen molar-refractivity contribution in [2.45, 2.75) is 38.6 Å². The molecule has 0 spiro atoms.